The molecule has 1 unspecified atom stereocenters. The maximum atomic E-state index is 11.0. The van der Waals surface area contributed by atoms with Crippen molar-refractivity contribution >= 4 is 6.09 Å². The molecule has 0 saturated heterocycles. The largest absolute Gasteiger partial charge is 0.453 e. The number of nitrogens with two attached hydrogens (primary N) is 1. The number of nitrogens with one attached hydrogen (secondary N) is 1. The van der Waals surface area contributed by atoms with Crippen LogP contribution < -0.4 is 11.1 Å². The number of alkyl carbamates (subject to hydrolysis) is 1. The van der Waals surface area contributed by atoms with Crippen LogP contribution in [0.3, 0.4) is 0 Å². The van der Waals surface area contributed by atoms with Crippen LogP contribution in [0.4, 0.5) is 4.79 Å². The van der Waals surface area contributed by atoms with E-state index in [1.807, 2.05) is 6.08 Å². The van der Waals surface area contributed by atoms with Crippen molar-refractivity contribution in [3.05, 3.63) is 12.2 Å². The maximum Gasteiger partial charge on any atom is 0.407 e. The number of methoxy groups -OCH3 is 1. The highest BCUT2D eigenvalue weighted by Gasteiger charge is 2.18. The molecule has 1 aliphatic rings. The van der Waals surface area contributed by atoms with Gasteiger partial charge in [-0.2, -0.15) is 0 Å². The minimum absolute atomic E-state index is 0.00866. The highest BCUT2D eigenvalue weighted by molar-refractivity contribution is 5.67. The van der Waals surface area contributed by atoms with E-state index >= 15 is 0 Å². The van der Waals surface area contributed by atoms with Gasteiger partial charge in [0.25, 0.3) is 0 Å². The molecule has 1 amide bonds. The monoisotopic (exact) mass is 198 g/mol. The van der Waals surface area contributed by atoms with E-state index in [9.17, 15) is 4.79 Å². The molecule has 0 spiro atoms. The van der Waals surface area contributed by atoms with E-state index in [-0.39, 0.29) is 12.1 Å². The van der Waals surface area contributed by atoms with Gasteiger partial charge in [0.05, 0.1) is 13.2 Å². The number of rotatable bonds is 1. The molecule has 4 nitrogen and oxygen atoms in total. The van der Waals surface area contributed by atoms with Gasteiger partial charge in [0.15, 0.2) is 0 Å². The molecule has 80 valence electrons. The SMILES string of the molecule is COC(=O)NC1/C=C/CCCC[C@H]1N. The third-order valence-corrected chi connectivity index (χ3v) is 2.43. The molecule has 1 aliphatic carbocycles. The van der Waals surface area contributed by atoms with Crippen molar-refractivity contribution in [1.29, 1.82) is 0 Å². The van der Waals surface area contributed by atoms with E-state index < -0.39 is 6.09 Å². The van der Waals surface area contributed by atoms with Gasteiger partial charge in [-0.1, -0.05) is 18.6 Å². The quantitative estimate of drug-likeness (QED) is 0.621. The summed E-state index contributed by atoms with van der Waals surface area (Å²) in [5.41, 5.74) is 5.93. The van der Waals surface area contributed by atoms with Crippen LogP contribution in [0.2, 0.25) is 0 Å². The van der Waals surface area contributed by atoms with Gasteiger partial charge in [-0.3, -0.25) is 0 Å². The number of hydrogen-bond acceptors (Lipinski definition) is 3. The first kappa shape index (κ1) is 11.0. The minimum Gasteiger partial charge on any atom is -0.453 e. The lowest BCUT2D eigenvalue weighted by Gasteiger charge is -2.23. The minimum atomic E-state index is -0.421. The van der Waals surface area contributed by atoms with Gasteiger partial charge in [0, 0.05) is 6.04 Å². The normalized spacial score (nSPS) is 29.9. The lowest BCUT2D eigenvalue weighted by atomic mass is 9.98. The summed E-state index contributed by atoms with van der Waals surface area (Å²) in [6, 6.07) is -0.103. The van der Waals surface area contributed by atoms with E-state index in [4.69, 9.17) is 5.73 Å². The van der Waals surface area contributed by atoms with E-state index in [1.165, 1.54) is 13.5 Å². The first-order valence-corrected chi connectivity index (χ1v) is 5.01. The molecular weight excluding hydrogens is 180 g/mol. The van der Waals surface area contributed by atoms with Gasteiger partial charge in [-0.25, -0.2) is 4.79 Å². The summed E-state index contributed by atoms with van der Waals surface area (Å²) < 4.78 is 4.53. The Morgan fingerprint density at radius 2 is 2.36 bits per heavy atom. The predicted octanol–water partition coefficient (Wildman–Crippen LogP) is 1.17. The van der Waals surface area contributed by atoms with Gasteiger partial charge in [0.1, 0.15) is 0 Å². The van der Waals surface area contributed by atoms with Crippen LogP contribution in [0.15, 0.2) is 12.2 Å². The first-order chi connectivity index (χ1) is 6.74. The smallest absolute Gasteiger partial charge is 0.407 e. The van der Waals surface area contributed by atoms with E-state index in [0.717, 1.165) is 19.3 Å². The van der Waals surface area contributed by atoms with Crippen LogP contribution in [0.5, 0.6) is 0 Å². The second kappa shape index (κ2) is 5.65. The summed E-state index contributed by atoms with van der Waals surface area (Å²) in [5.74, 6) is 0. The van der Waals surface area contributed by atoms with Crippen molar-refractivity contribution in [1.82, 2.24) is 5.32 Å². The van der Waals surface area contributed by atoms with Crippen molar-refractivity contribution in [3.8, 4) is 0 Å². The number of allylic oxidation sites excluding steroid dienone is 1. The van der Waals surface area contributed by atoms with Gasteiger partial charge in [0.2, 0.25) is 0 Å². The number of ether oxygens (including phenoxy) is 1. The van der Waals surface area contributed by atoms with Crippen LogP contribution in [0.1, 0.15) is 25.7 Å². The average molecular weight is 198 g/mol. The molecule has 0 aliphatic heterocycles. The molecule has 0 aromatic carbocycles. The van der Waals surface area contributed by atoms with Crippen LogP contribution in [-0.4, -0.2) is 25.3 Å². The third kappa shape index (κ3) is 3.38. The Morgan fingerprint density at radius 3 is 3.07 bits per heavy atom. The maximum absolute atomic E-state index is 11.0. The zero-order chi connectivity index (χ0) is 10.4. The molecule has 0 aromatic rings. The molecule has 0 fully saturated rings. The van der Waals surface area contributed by atoms with Gasteiger partial charge in [-0.15, -0.1) is 0 Å². The number of amides is 1. The summed E-state index contributed by atoms with van der Waals surface area (Å²) in [6.07, 6.45) is 7.90. The Bertz CT molecular complexity index is 216. The Kier molecular flexibility index (Phi) is 4.46. The Morgan fingerprint density at radius 1 is 1.57 bits per heavy atom. The zero-order valence-corrected chi connectivity index (χ0v) is 8.53. The molecular formula is C10H18N2O2. The molecule has 0 bridgehead atoms. The van der Waals surface area contributed by atoms with Crippen molar-refractivity contribution in [2.45, 2.75) is 37.8 Å². The second-order valence-electron chi connectivity index (χ2n) is 3.54. The van der Waals surface area contributed by atoms with E-state index in [1.54, 1.807) is 0 Å². The Hall–Kier alpha value is -1.03. The van der Waals surface area contributed by atoms with Crippen molar-refractivity contribution in [2.24, 2.45) is 5.73 Å². The van der Waals surface area contributed by atoms with Crippen LogP contribution in [0.25, 0.3) is 0 Å². The number of carbonyl (C=O) groups excluding carboxylic acids is 1. The fourth-order valence-corrected chi connectivity index (χ4v) is 1.56. The zero-order valence-electron chi connectivity index (χ0n) is 8.53. The fraction of sp³-hybridized carbons (Fsp3) is 0.700. The molecule has 0 saturated carbocycles. The molecule has 1 rings (SSSR count). The lowest BCUT2D eigenvalue weighted by Crippen LogP contribution is -2.46. The van der Waals surface area contributed by atoms with E-state index in [0.29, 0.717) is 0 Å². The van der Waals surface area contributed by atoms with E-state index in [2.05, 4.69) is 16.1 Å². The fourth-order valence-electron chi connectivity index (χ4n) is 1.56. The summed E-state index contributed by atoms with van der Waals surface area (Å²) in [6.45, 7) is 0. The summed E-state index contributed by atoms with van der Waals surface area (Å²) in [7, 11) is 1.35. The highest BCUT2D eigenvalue weighted by Crippen LogP contribution is 2.11. The number of hydrogen-bond donors (Lipinski definition) is 2. The summed E-state index contributed by atoms with van der Waals surface area (Å²) >= 11 is 0. The molecule has 3 N–H and O–H groups in total. The highest BCUT2D eigenvalue weighted by atomic mass is 16.5. The Balaban J connectivity index is 2.52. The Labute approximate surface area is 84.5 Å². The van der Waals surface area contributed by atoms with Crippen LogP contribution in [-0.2, 0) is 4.74 Å². The second-order valence-corrected chi connectivity index (χ2v) is 3.54. The summed E-state index contributed by atoms with van der Waals surface area (Å²) in [5, 5.41) is 2.71. The molecule has 0 radical (unpaired) electrons. The molecule has 14 heavy (non-hydrogen) atoms. The van der Waals surface area contributed by atoms with Crippen LogP contribution >= 0.6 is 0 Å². The molecule has 0 heterocycles. The molecule has 4 heteroatoms. The predicted molar refractivity (Wildman–Crippen MR) is 54.9 cm³/mol. The molecule has 2 atom stereocenters. The standard InChI is InChI=1S/C10H18N2O2/c1-14-10(13)12-9-7-5-3-2-4-6-8(9)11/h5,7-9H,2-4,6,11H2,1H3,(H,12,13)/b7-5+/t8-,9?/m1/s1. The number of carbonyl (C=O) groups is 1. The summed E-state index contributed by atoms with van der Waals surface area (Å²) in [4.78, 5) is 11.0. The first-order valence-electron chi connectivity index (χ1n) is 5.01. The van der Waals surface area contributed by atoms with Crippen molar-refractivity contribution in [2.75, 3.05) is 7.11 Å². The van der Waals surface area contributed by atoms with Gasteiger partial charge < -0.3 is 15.8 Å². The van der Waals surface area contributed by atoms with Crippen molar-refractivity contribution in [3.63, 3.8) is 0 Å². The molecule has 0 aromatic heterocycles. The van der Waals surface area contributed by atoms with Crippen LogP contribution in [0, 0.1) is 0 Å². The lowest BCUT2D eigenvalue weighted by molar-refractivity contribution is 0.167. The van der Waals surface area contributed by atoms with Gasteiger partial charge >= 0.3 is 6.09 Å². The van der Waals surface area contributed by atoms with Crippen molar-refractivity contribution < 1.29 is 9.53 Å². The average Bonchev–Trinajstić information content (AvgIpc) is 2.17. The van der Waals surface area contributed by atoms with Gasteiger partial charge in [-0.05, 0) is 19.3 Å². The third-order valence-electron chi connectivity index (χ3n) is 2.43. The topological polar surface area (TPSA) is 64.3 Å².